The van der Waals surface area contributed by atoms with Crippen LogP contribution in [0.15, 0.2) is 36.5 Å². The Morgan fingerprint density at radius 2 is 2.03 bits per heavy atom. The number of hydrazine groups is 1. The number of hydrogen-bond donors (Lipinski definition) is 1. The first-order chi connectivity index (χ1) is 14.4. The molecule has 0 bridgehead atoms. The lowest BCUT2D eigenvalue weighted by Gasteiger charge is -2.37. The van der Waals surface area contributed by atoms with Gasteiger partial charge in [-0.3, -0.25) is 14.9 Å². The van der Waals surface area contributed by atoms with Crippen molar-refractivity contribution in [3.05, 3.63) is 52.2 Å². The summed E-state index contributed by atoms with van der Waals surface area (Å²) in [5.74, 6) is -0.203. The third kappa shape index (κ3) is 4.69. The average Bonchev–Trinajstić information content (AvgIpc) is 3.24. The van der Waals surface area contributed by atoms with Crippen LogP contribution in [0.1, 0.15) is 12.5 Å². The van der Waals surface area contributed by atoms with Gasteiger partial charge in [0.25, 0.3) is 0 Å². The van der Waals surface area contributed by atoms with Gasteiger partial charge in [0.05, 0.1) is 6.54 Å². The fourth-order valence-corrected chi connectivity index (χ4v) is 3.74. The number of amides is 1. The second kappa shape index (κ2) is 8.28. The molecule has 1 aromatic carbocycles. The van der Waals surface area contributed by atoms with Gasteiger partial charge in [-0.05, 0) is 17.4 Å². The van der Waals surface area contributed by atoms with Crippen molar-refractivity contribution in [3.8, 4) is 6.01 Å². The first kappa shape index (κ1) is 20.1. The fourth-order valence-electron chi connectivity index (χ4n) is 3.74. The molecular weight excluding hydrogens is 392 g/mol. The molecule has 2 aliphatic heterocycles. The average molecular weight is 416 g/mol. The van der Waals surface area contributed by atoms with Crippen LogP contribution in [0.25, 0.3) is 0 Å². The van der Waals surface area contributed by atoms with E-state index in [2.05, 4.69) is 15.3 Å². The number of fused-ring (bicyclic) bond motifs is 1. The summed E-state index contributed by atoms with van der Waals surface area (Å²) in [5.41, 5.74) is 3.22. The van der Waals surface area contributed by atoms with Crippen LogP contribution in [0.5, 0.6) is 6.01 Å². The molecule has 0 radical (unpaired) electrons. The number of hydrogen-bond acceptors (Lipinski definition) is 8. The van der Waals surface area contributed by atoms with Crippen molar-refractivity contribution >= 4 is 11.9 Å². The summed E-state index contributed by atoms with van der Waals surface area (Å²) in [6, 6.07) is 9.81. The lowest BCUT2D eigenvalue weighted by Crippen LogP contribution is -2.56. The molecule has 1 amide bonds. The zero-order chi connectivity index (χ0) is 21.1. The summed E-state index contributed by atoms with van der Waals surface area (Å²) < 4.78 is 12.8. The van der Waals surface area contributed by atoms with Crippen LogP contribution in [0, 0.1) is 10.1 Å². The van der Waals surface area contributed by atoms with Crippen molar-refractivity contribution in [2.75, 3.05) is 32.7 Å². The summed E-state index contributed by atoms with van der Waals surface area (Å²) in [6.07, 6.45) is 0.939. The predicted molar refractivity (Wildman–Crippen MR) is 106 cm³/mol. The third-order valence-electron chi connectivity index (χ3n) is 5.15. The van der Waals surface area contributed by atoms with Crippen molar-refractivity contribution in [1.29, 1.82) is 0 Å². The smallest absolute Gasteiger partial charge is 0.422 e. The number of nitrogens with zero attached hydrogens (tertiary/aromatic N) is 5. The molecule has 0 saturated carbocycles. The van der Waals surface area contributed by atoms with Gasteiger partial charge >= 0.3 is 17.9 Å². The van der Waals surface area contributed by atoms with Gasteiger partial charge in [-0.2, -0.15) is 0 Å². The number of carbonyl (C=O) groups excluding carboxylic acids is 1. The molecule has 1 saturated heterocycles. The number of nitro groups is 1. The van der Waals surface area contributed by atoms with E-state index >= 15 is 0 Å². The largest absolute Gasteiger partial charge is 0.444 e. The number of imidazole rings is 1. The Morgan fingerprint density at radius 3 is 2.70 bits per heavy atom. The number of rotatable bonds is 6. The van der Waals surface area contributed by atoms with E-state index in [9.17, 15) is 14.9 Å². The van der Waals surface area contributed by atoms with E-state index in [1.165, 1.54) is 6.20 Å². The minimum Gasteiger partial charge on any atom is -0.444 e. The fraction of sp³-hybridized carbons (Fsp3) is 0.474. The van der Waals surface area contributed by atoms with Crippen molar-refractivity contribution in [1.82, 2.24) is 24.9 Å². The van der Waals surface area contributed by atoms with Gasteiger partial charge in [0, 0.05) is 37.7 Å². The van der Waals surface area contributed by atoms with Gasteiger partial charge in [-0.15, -0.1) is 0 Å². The molecular formula is C19H24N6O5. The highest BCUT2D eigenvalue weighted by atomic mass is 16.6. The van der Waals surface area contributed by atoms with E-state index in [1.54, 1.807) is 4.57 Å². The van der Waals surface area contributed by atoms with E-state index in [0.29, 0.717) is 26.2 Å². The zero-order valence-corrected chi connectivity index (χ0v) is 16.7. The maximum Gasteiger partial charge on any atom is 0.422 e. The lowest BCUT2D eigenvalue weighted by atomic mass is 10.1. The highest BCUT2D eigenvalue weighted by molar-refractivity contribution is 5.66. The van der Waals surface area contributed by atoms with Gasteiger partial charge < -0.3 is 19.6 Å². The number of benzene rings is 1. The Kier molecular flexibility index (Phi) is 5.55. The Bertz CT molecular complexity index is 886. The summed E-state index contributed by atoms with van der Waals surface area (Å²) >= 11 is 0. The molecule has 0 spiro atoms. The van der Waals surface area contributed by atoms with Gasteiger partial charge in [-0.25, -0.2) is 9.80 Å². The topological polar surface area (TPSA) is 115 Å². The maximum atomic E-state index is 12.0. The molecule has 1 unspecified atom stereocenters. The summed E-state index contributed by atoms with van der Waals surface area (Å²) in [5, 5.41) is 12.7. The van der Waals surface area contributed by atoms with Crippen molar-refractivity contribution in [3.63, 3.8) is 0 Å². The molecule has 1 aromatic heterocycles. The molecule has 4 rings (SSSR count). The van der Waals surface area contributed by atoms with E-state index in [0.717, 1.165) is 18.7 Å². The molecule has 0 aliphatic carbocycles. The van der Waals surface area contributed by atoms with E-state index in [1.807, 2.05) is 42.3 Å². The summed E-state index contributed by atoms with van der Waals surface area (Å²) in [6.45, 7) is 6.19. The number of ether oxygens (including phenoxy) is 2. The van der Waals surface area contributed by atoms with Gasteiger partial charge in [-0.1, -0.05) is 30.3 Å². The first-order valence-electron chi connectivity index (χ1n) is 9.75. The van der Waals surface area contributed by atoms with Crippen molar-refractivity contribution in [2.45, 2.75) is 25.7 Å². The molecule has 11 heteroatoms. The molecule has 3 heterocycles. The minimum absolute atomic E-state index is 0.203. The number of nitrogens with one attached hydrogen (secondary N) is 1. The first-order valence-corrected chi connectivity index (χ1v) is 9.75. The lowest BCUT2D eigenvalue weighted by molar-refractivity contribution is -0.389. The SMILES string of the molecule is CC1(CN2CCN(NC(=O)OCc3ccccc3)CC2)Cn2cc([N+](=O)[O-])nc2O1. The summed E-state index contributed by atoms with van der Waals surface area (Å²) in [7, 11) is 0. The van der Waals surface area contributed by atoms with Crippen LogP contribution < -0.4 is 10.2 Å². The van der Waals surface area contributed by atoms with Gasteiger partial charge in [0.1, 0.15) is 18.4 Å². The molecule has 11 nitrogen and oxygen atoms in total. The Morgan fingerprint density at radius 1 is 1.30 bits per heavy atom. The number of carbonyl (C=O) groups is 1. The third-order valence-corrected chi connectivity index (χ3v) is 5.15. The Hall–Kier alpha value is -3.18. The standard InChI is InChI=1S/C19H24N6O5/c1-19(14-23-11-16(25(27)28)20-17(23)30-19)13-22-7-9-24(10-8-22)21-18(26)29-12-15-5-3-2-4-6-15/h2-6,11H,7-10,12-14H2,1H3,(H,21,26). The quantitative estimate of drug-likeness (QED) is 0.555. The highest BCUT2D eigenvalue weighted by Crippen LogP contribution is 2.31. The molecule has 30 heavy (non-hydrogen) atoms. The number of piperazine rings is 1. The van der Waals surface area contributed by atoms with Crippen molar-refractivity contribution in [2.24, 2.45) is 0 Å². The van der Waals surface area contributed by atoms with Crippen LogP contribution in [0.4, 0.5) is 10.6 Å². The molecule has 1 fully saturated rings. The van der Waals surface area contributed by atoms with Gasteiger partial charge in [0.2, 0.25) is 0 Å². The summed E-state index contributed by atoms with van der Waals surface area (Å²) in [4.78, 5) is 28.5. The molecule has 1 N–H and O–H groups in total. The number of aromatic nitrogens is 2. The maximum absolute atomic E-state index is 12.0. The molecule has 160 valence electrons. The van der Waals surface area contributed by atoms with Crippen LogP contribution in [-0.2, 0) is 17.9 Å². The minimum atomic E-state index is -0.525. The highest BCUT2D eigenvalue weighted by Gasteiger charge is 2.41. The Balaban J connectivity index is 1.20. The van der Waals surface area contributed by atoms with E-state index in [-0.39, 0.29) is 18.4 Å². The monoisotopic (exact) mass is 416 g/mol. The van der Waals surface area contributed by atoms with Gasteiger partial charge in [0.15, 0.2) is 0 Å². The zero-order valence-electron chi connectivity index (χ0n) is 16.7. The van der Waals surface area contributed by atoms with E-state index < -0.39 is 16.6 Å². The van der Waals surface area contributed by atoms with Crippen LogP contribution in [0.3, 0.4) is 0 Å². The van der Waals surface area contributed by atoms with Crippen molar-refractivity contribution < 1.29 is 19.2 Å². The second-order valence-corrected chi connectivity index (χ2v) is 7.76. The van der Waals surface area contributed by atoms with E-state index in [4.69, 9.17) is 9.47 Å². The van der Waals surface area contributed by atoms with Crippen LogP contribution in [-0.4, -0.2) is 68.8 Å². The van der Waals surface area contributed by atoms with Crippen LogP contribution >= 0.6 is 0 Å². The Labute approximate surface area is 173 Å². The normalized spacial score (nSPS) is 21.6. The van der Waals surface area contributed by atoms with Crippen LogP contribution in [0.2, 0.25) is 0 Å². The predicted octanol–water partition coefficient (Wildman–Crippen LogP) is 1.40. The molecule has 2 aromatic rings. The second-order valence-electron chi connectivity index (χ2n) is 7.76. The molecule has 1 atom stereocenters. The molecule has 2 aliphatic rings.